The topological polar surface area (TPSA) is 102 Å². The number of nitro groups is 1. The lowest BCUT2D eigenvalue weighted by molar-refractivity contribution is -0.384. The molecular weight excluding hydrogens is 248 g/mol. The van der Waals surface area contributed by atoms with E-state index in [1.54, 1.807) is 17.8 Å². The van der Waals surface area contributed by atoms with Crippen molar-refractivity contribution in [2.24, 2.45) is 0 Å². The molecule has 2 N–H and O–H groups in total. The molecule has 0 saturated heterocycles. The van der Waals surface area contributed by atoms with Crippen LogP contribution in [0.5, 0.6) is 0 Å². The minimum Gasteiger partial charge on any atom is -0.359 e. The Balaban J connectivity index is 2.32. The molecule has 8 heteroatoms. The fourth-order valence-corrected chi connectivity index (χ4v) is 1.86. The molecule has 0 aromatic carbocycles. The molecule has 0 atom stereocenters. The molecule has 0 aliphatic carbocycles. The average molecular weight is 264 g/mol. The van der Waals surface area contributed by atoms with E-state index in [0.717, 1.165) is 5.69 Å². The summed E-state index contributed by atoms with van der Waals surface area (Å²) in [5, 5.41) is 25.0. The van der Waals surface area contributed by atoms with Crippen LogP contribution in [-0.4, -0.2) is 24.9 Å². The predicted octanol–water partition coefficient (Wildman–Crippen LogP) is 2.02. The first kappa shape index (κ1) is 13.1. The maximum absolute atomic E-state index is 11.1. The Morgan fingerprint density at radius 1 is 1.58 bits per heavy atom. The Hall–Kier alpha value is -2.38. The standard InChI is InChI=1S/C11H16N6O2/c1-7(2)16-11(10(17(18)19)8(3)15-16)12-6-9-4-5-13-14-9/h4-5,7,12H,6H2,1-3H3,(H,13,14). The highest BCUT2D eigenvalue weighted by Crippen LogP contribution is 2.30. The van der Waals surface area contributed by atoms with Gasteiger partial charge in [0.15, 0.2) is 0 Å². The smallest absolute Gasteiger partial charge is 0.333 e. The number of rotatable bonds is 5. The molecule has 0 radical (unpaired) electrons. The van der Waals surface area contributed by atoms with Crippen LogP contribution < -0.4 is 5.32 Å². The number of hydrogen-bond donors (Lipinski definition) is 2. The summed E-state index contributed by atoms with van der Waals surface area (Å²) in [6.07, 6.45) is 1.64. The highest BCUT2D eigenvalue weighted by Gasteiger charge is 2.26. The van der Waals surface area contributed by atoms with Crippen LogP contribution in [0.2, 0.25) is 0 Å². The second-order valence-electron chi connectivity index (χ2n) is 4.51. The number of hydrogen-bond acceptors (Lipinski definition) is 5. The predicted molar refractivity (Wildman–Crippen MR) is 69.9 cm³/mol. The van der Waals surface area contributed by atoms with Crippen molar-refractivity contribution in [2.45, 2.75) is 33.4 Å². The van der Waals surface area contributed by atoms with Crippen molar-refractivity contribution in [3.63, 3.8) is 0 Å². The van der Waals surface area contributed by atoms with Gasteiger partial charge in [-0.2, -0.15) is 10.2 Å². The van der Waals surface area contributed by atoms with Crippen LogP contribution in [0.15, 0.2) is 12.3 Å². The van der Waals surface area contributed by atoms with Crippen molar-refractivity contribution >= 4 is 11.5 Å². The fourth-order valence-electron chi connectivity index (χ4n) is 1.86. The Bertz CT molecular complexity index is 572. The van der Waals surface area contributed by atoms with E-state index in [9.17, 15) is 10.1 Å². The Morgan fingerprint density at radius 3 is 2.84 bits per heavy atom. The highest BCUT2D eigenvalue weighted by molar-refractivity contribution is 5.59. The van der Waals surface area contributed by atoms with E-state index < -0.39 is 4.92 Å². The van der Waals surface area contributed by atoms with Gasteiger partial charge < -0.3 is 5.32 Å². The van der Waals surface area contributed by atoms with Crippen molar-refractivity contribution in [1.29, 1.82) is 0 Å². The van der Waals surface area contributed by atoms with Crippen LogP contribution in [0.1, 0.15) is 31.3 Å². The molecule has 102 valence electrons. The third-order valence-electron chi connectivity index (χ3n) is 2.73. The van der Waals surface area contributed by atoms with Gasteiger partial charge in [0.1, 0.15) is 5.69 Å². The number of nitrogens with zero attached hydrogens (tertiary/aromatic N) is 4. The lowest BCUT2D eigenvalue weighted by Crippen LogP contribution is -2.11. The van der Waals surface area contributed by atoms with Crippen LogP contribution in [0.4, 0.5) is 11.5 Å². The van der Waals surface area contributed by atoms with E-state index in [2.05, 4.69) is 20.6 Å². The van der Waals surface area contributed by atoms with Crippen LogP contribution in [0.3, 0.4) is 0 Å². The van der Waals surface area contributed by atoms with Crippen LogP contribution in [0, 0.1) is 17.0 Å². The molecule has 0 amide bonds. The van der Waals surface area contributed by atoms with Crippen molar-refractivity contribution in [3.8, 4) is 0 Å². The average Bonchev–Trinajstić information content (AvgIpc) is 2.92. The maximum Gasteiger partial charge on any atom is 0.333 e. The van der Waals surface area contributed by atoms with Gasteiger partial charge in [0.05, 0.1) is 17.2 Å². The van der Waals surface area contributed by atoms with Crippen molar-refractivity contribution in [3.05, 3.63) is 33.8 Å². The van der Waals surface area contributed by atoms with Crippen molar-refractivity contribution in [1.82, 2.24) is 20.0 Å². The number of anilines is 1. The molecule has 2 aromatic heterocycles. The molecule has 0 aliphatic rings. The molecule has 0 aliphatic heterocycles. The van der Waals surface area contributed by atoms with Gasteiger partial charge in [-0.15, -0.1) is 0 Å². The molecule has 0 fully saturated rings. The zero-order chi connectivity index (χ0) is 14.0. The second-order valence-corrected chi connectivity index (χ2v) is 4.51. The number of H-pyrrole nitrogens is 1. The SMILES string of the molecule is Cc1nn(C(C)C)c(NCc2ccn[nH]2)c1[N+](=O)[O-]. The van der Waals surface area contributed by atoms with Crippen molar-refractivity contribution in [2.75, 3.05) is 5.32 Å². The summed E-state index contributed by atoms with van der Waals surface area (Å²) >= 11 is 0. The molecule has 2 aromatic rings. The molecule has 0 unspecified atom stereocenters. The van der Waals surface area contributed by atoms with E-state index in [1.807, 2.05) is 19.9 Å². The summed E-state index contributed by atoms with van der Waals surface area (Å²) in [6.45, 7) is 5.92. The van der Waals surface area contributed by atoms with Crippen LogP contribution in [-0.2, 0) is 6.54 Å². The number of aryl methyl sites for hydroxylation is 1. The van der Waals surface area contributed by atoms with Gasteiger partial charge in [-0.3, -0.25) is 15.2 Å². The van der Waals surface area contributed by atoms with Gasteiger partial charge in [0.2, 0.25) is 5.82 Å². The normalized spacial score (nSPS) is 10.9. The van der Waals surface area contributed by atoms with Crippen LogP contribution >= 0.6 is 0 Å². The highest BCUT2D eigenvalue weighted by atomic mass is 16.6. The zero-order valence-corrected chi connectivity index (χ0v) is 11.0. The molecule has 0 bridgehead atoms. The summed E-state index contributed by atoms with van der Waals surface area (Å²) in [5.41, 5.74) is 1.28. The Labute approximate surface area is 110 Å². The third-order valence-corrected chi connectivity index (χ3v) is 2.73. The van der Waals surface area contributed by atoms with Gasteiger partial charge in [0.25, 0.3) is 0 Å². The lowest BCUT2D eigenvalue weighted by atomic mass is 10.3. The minimum atomic E-state index is -0.406. The first-order valence-electron chi connectivity index (χ1n) is 5.96. The van der Waals surface area contributed by atoms with E-state index in [0.29, 0.717) is 18.1 Å². The summed E-state index contributed by atoms with van der Waals surface area (Å²) in [7, 11) is 0. The van der Waals surface area contributed by atoms with Gasteiger partial charge in [-0.05, 0) is 26.8 Å². The summed E-state index contributed by atoms with van der Waals surface area (Å²) < 4.78 is 1.63. The largest absolute Gasteiger partial charge is 0.359 e. The number of aromatic nitrogens is 4. The Kier molecular flexibility index (Phi) is 3.50. The monoisotopic (exact) mass is 264 g/mol. The first-order chi connectivity index (χ1) is 9.00. The molecule has 2 rings (SSSR count). The minimum absolute atomic E-state index is 0.0215. The van der Waals surface area contributed by atoms with Gasteiger partial charge in [-0.1, -0.05) is 0 Å². The zero-order valence-electron chi connectivity index (χ0n) is 11.0. The second kappa shape index (κ2) is 5.09. The first-order valence-corrected chi connectivity index (χ1v) is 5.96. The quantitative estimate of drug-likeness (QED) is 0.635. The van der Waals surface area contributed by atoms with Gasteiger partial charge in [-0.25, -0.2) is 4.68 Å². The third kappa shape index (κ3) is 2.56. The lowest BCUT2D eigenvalue weighted by Gasteiger charge is -2.11. The van der Waals surface area contributed by atoms with E-state index in [4.69, 9.17) is 0 Å². The fraction of sp³-hybridized carbons (Fsp3) is 0.455. The molecule has 0 saturated carbocycles. The Morgan fingerprint density at radius 2 is 2.32 bits per heavy atom. The summed E-state index contributed by atoms with van der Waals surface area (Å²) in [4.78, 5) is 10.7. The number of aromatic amines is 1. The van der Waals surface area contributed by atoms with E-state index >= 15 is 0 Å². The van der Waals surface area contributed by atoms with E-state index in [1.165, 1.54) is 0 Å². The maximum atomic E-state index is 11.1. The van der Waals surface area contributed by atoms with Gasteiger partial charge in [0, 0.05) is 12.2 Å². The molecule has 2 heterocycles. The summed E-state index contributed by atoms with van der Waals surface area (Å²) in [6, 6.07) is 1.85. The molecule has 8 nitrogen and oxygen atoms in total. The molecule has 0 spiro atoms. The number of nitrogens with one attached hydrogen (secondary N) is 2. The van der Waals surface area contributed by atoms with E-state index in [-0.39, 0.29) is 11.7 Å². The van der Waals surface area contributed by atoms with Gasteiger partial charge >= 0.3 is 5.69 Å². The molecule has 19 heavy (non-hydrogen) atoms. The van der Waals surface area contributed by atoms with Crippen molar-refractivity contribution < 1.29 is 4.92 Å². The molecular formula is C11H16N6O2. The summed E-state index contributed by atoms with van der Waals surface area (Å²) in [5.74, 6) is 0.423. The van der Waals surface area contributed by atoms with Crippen LogP contribution in [0.25, 0.3) is 0 Å².